The Bertz CT molecular complexity index is 1070. The first-order valence-corrected chi connectivity index (χ1v) is 10.2. The Balaban J connectivity index is 1.80. The van der Waals surface area contributed by atoms with Crippen LogP contribution in [0.2, 0.25) is 0 Å². The fourth-order valence-corrected chi connectivity index (χ4v) is 4.41. The molecule has 2 aromatic carbocycles. The van der Waals surface area contributed by atoms with Gasteiger partial charge in [0.25, 0.3) is 0 Å². The Morgan fingerprint density at radius 1 is 1.11 bits per heavy atom. The van der Waals surface area contributed by atoms with Gasteiger partial charge in [0.1, 0.15) is 28.7 Å². The predicted molar refractivity (Wildman–Crippen MR) is 102 cm³/mol. The topological polar surface area (TPSA) is 76.8 Å². The van der Waals surface area contributed by atoms with Crippen molar-refractivity contribution in [2.75, 3.05) is 13.1 Å². The Morgan fingerprint density at radius 2 is 1.82 bits per heavy atom. The summed E-state index contributed by atoms with van der Waals surface area (Å²) in [5.74, 6) is -1.23. The fraction of sp³-hybridized carbons (Fsp3) is 0.250. The summed E-state index contributed by atoms with van der Waals surface area (Å²) in [6, 6.07) is 12.3. The summed E-state index contributed by atoms with van der Waals surface area (Å²) in [6.45, 7) is 3.58. The van der Waals surface area contributed by atoms with Crippen molar-refractivity contribution in [3.05, 3.63) is 65.7 Å². The monoisotopic (exact) mass is 405 g/mol. The smallest absolute Gasteiger partial charge is 0.338 e. The van der Waals surface area contributed by atoms with E-state index in [1.165, 1.54) is 6.07 Å². The Hall–Kier alpha value is -2.71. The Morgan fingerprint density at radius 3 is 2.50 bits per heavy atom. The van der Waals surface area contributed by atoms with Gasteiger partial charge in [-0.1, -0.05) is 32.0 Å². The van der Waals surface area contributed by atoms with Gasteiger partial charge in [0.2, 0.25) is 10.0 Å². The molecule has 0 spiro atoms. The molecule has 0 aliphatic heterocycles. The minimum atomic E-state index is -4.04. The number of benzene rings is 2. The molecule has 0 aliphatic carbocycles. The summed E-state index contributed by atoms with van der Waals surface area (Å²) in [6.07, 6.45) is 0. The molecule has 0 unspecified atom stereocenters. The number of carbonyl (C=O) groups is 1. The molecule has 0 amide bonds. The van der Waals surface area contributed by atoms with Crippen LogP contribution in [-0.4, -0.2) is 31.8 Å². The highest BCUT2D eigenvalue weighted by Crippen LogP contribution is 2.22. The molecule has 0 N–H and O–H groups in total. The van der Waals surface area contributed by atoms with Crippen LogP contribution in [0, 0.1) is 5.82 Å². The van der Waals surface area contributed by atoms with Gasteiger partial charge in [-0.3, -0.25) is 0 Å². The molecule has 0 atom stereocenters. The summed E-state index contributed by atoms with van der Waals surface area (Å²) in [4.78, 5) is 11.8. The zero-order chi connectivity index (χ0) is 20.3. The summed E-state index contributed by atoms with van der Waals surface area (Å²) >= 11 is 0. The number of halogens is 1. The number of rotatable bonds is 7. The van der Waals surface area contributed by atoms with Gasteiger partial charge < -0.3 is 9.15 Å². The molecular formula is C20H20FNO5S. The maximum absolute atomic E-state index is 14.2. The molecule has 28 heavy (non-hydrogen) atoms. The van der Waals surface area contributed by atoms with E-state index in [0.29, 0.717) is 11.3 Å². The molecule has 0 fully saturated rings. The van der Waals surface area contributed by atoms with E-state index < -0.39 is 26.7 Å². The first kappa shape index (κ1) is 20.0. The van der Waals surface area contributed by atoms with E-state index in [2.05, 4.69) is 0 Å². The third kappa shape index (κ3) is 3.93. The van der Waals surface area contributed by atoms with Crippen molar-refractivity contribution >= 4 is 27.0 Å². The molecule has 0 saturated heterocycles. The number of ether oxygens (including phenoxy) is 1. The van der Waals surface area contributed by atoms with Gasteiger partial charge >= 0.3 is 5.97 Å². The van der Waals surface area contributed by atoms with Crippen molar-refractivity contribution < 1.29 is 26.8 Å². The highest BCUT2D eigenvalue weighted by Gasteiger charge is 2.26. The normalized spacial score (nSPS) is 11.9. The molecule has 6 nitrogen and oxygen atoms in total. The van der Waals surface area contributed by atoms with E-state index in [0.717, 1.165) is 21.8 Å². The van der Waals surface area contributed by atoms with E-state index in [1.807, 2.05) is 18.2 Å². The highest BCUT2D eigenvalue weighted by molar-refractivity contribution is 7.89. The first-order chi connectivity index (χ1) is 13.4. The average Bonchev–Trinajstić information content (AvgIpc) is 3.10. The van der Waals surface area contributed by atoms with Crippen LogP contribution in [0.5, 0.6) is 0 Å². The Labute approximate surface area is 162 Å². The number of esters is 1. The van der Waals surface area contributed by atoms with Gasteiger partial charge in [0.05, 0.1) is 5.56 Å². The lowest BCUT2D eigenvalue weighted by atomic mass is 10.2. The van der Waals surface area contributed by atoms with Crippen LogP contribution >= 0.6 is 0 Å². The second-order valence-corrected chi connectivity index (χ2v) is 7.97. The van der Waals surface area contributed by atoms with Crippen molar-refractivity contribution in [3.8, 4) is 0 Å². The quantitative estimate of drug-likeness (QED) is 0.556. The number of hydrogen-bond donors (Lipinski definition) is 0. The van der Waals surface area contributed by atoms with Crippen LogP contribution in [0.1, 0.15) is 30.0 Å². The summed E-state index contributed by atoms with van der Waals surface area (Å²) in [5, 5.41) is 0.878. The standard InChI is InChI=1S/C20H20FNO5S/c1-3-22(4-2)28(24,25)19-12-15(9-10-17(19)21)20(23)26-13-16-11-14-7-5-6-8-18(14)27-16/h5-12H,3-4,13H2,1-2H3. The van der Waals surface area contributed by atoms with Crippen LogP contribution < -0.4 is 0 Å². The van der Waals surface area contributed by atoms with Crippen molar-refractivity contribution in [1.82, 2.24) is 4.31 Å². The lowest BCUT2D eigenvalue weighted by Crippen LogP contribution is -2.31. The number of hydrogen-bond acceptors (Lipinski definition) is 5. The van der Waals surface area contributed by atoms with E-state index in [1.54, 1.807) is 26.0 Å². The SMILES string of the molecule is CCN(CC)S(=O)(=O)c1cc(C(=O)OCc2cc3ccccc3o2)ccc1F. The van der Waals surface area contributed by atoms with Crippen LogP contribution in [0.25, 0.3) is 11.0 Å². The predicted octanol–water partition coefficient (Wildman–Crippen LogP) is 3.96. The third-order valence-electron chi connectivity index (χ3n) is 4.31. The third-order valence-corrected chi connectivity index (χ3v) is 6.38. The maximum Gasteiger partial charge on any atom is 0.338 e. The highest BCUT2D eigenvalue weighted by atomic mass is 32.2. The molecule has 0 aliphatic rings. The van der Waals surface area contributed by atoms with Crippen LogP contribution in [-0.2, 0) is 21.4 Å². The molecule has 8 heteroatoms. The summed E-state index contributed by atoms with van der Waals surface area (Å²) < 4.78 is 51.2. The maximum atomic E-state index is 14.2. The molecule has 1 aromatic heterocycles. The van der Waals surface area contributed by atoms with Gasteiger partial charge in [0.15, 0.2) is 0 Å². The first-order valence-electron chi connectivity index (χ1n) is 8.81. The lowest BCUT2D eigenvalue weighted by Gasteiger charge is -2.19. The largest absolute Gasteiger partial charge is 0.457 e. The summed E-state index contributed by atoms with van der Waals surface area (Å²) in [5.41, 5.74) is 0.617. The number of fused-ring (bicyclic) bond motifs is 1. The van der Waals surface area contributed by atoms with E-state index in [9.17, 15) is 17.6 Å². The van der Waals surface area contributed by atoms with Crippen molar-refractivity contribution in [1.29, 1.82) is 0 Å². The minimum Gasteiger partial charge on any atom is -0.457 e. The second-order valence-electron chi connectivity index (χ2n) is 6.06. The van der Waals surface area contributed by atoms with Gasteiger partial charge in [0, 0.05) is 18.5 Å². The molecular weight excluding hydrogens is 385 g/mol. The number of carbonyl (C=O) groups excluding carboxylic acids is 1. The number of furan rings is 1. The minimum absolute atomic E-state index is 0.0526. The molecule has 0 bridgehead atoms. The van der Waals surface area contributed by atoms with Crippen molar-refractivity contribution in [2.24, 2.45) is 0 Å². The van der Waals surface area contributed by atoms with Crippen molar-refractivity contribution in [2.45, 2.75) is 25.3 Å². The average molecular weight is 405 g/mol. The van der Waals surface area contributed by atoms with Gasteiger partial charge in [-0.2, -0.15) is 4.31 Å². The second kappa shape index (κ2) is 8.12. The lowest BCUT2D eigenvalue weighted by molar-refractivity contribution is 0.0447. The molecule has 1 heterocycles. The van der Waals surface area contributed by atoms with Gasteiger partial charge in [-0.25, -0.2) is 17.6 Å². The fourth-order valence-electron chi connectivity index (χ4n) is 2.86. The van der Waals surface area contributed by atoms with E-state index in [-0.39, 0.29) is 25.3 Å². The zero-order valence-electron chi connectivity index (χ0n) is 15.5. The number of para-hydroxylation sites is 1. The van der Waals surface area contributed by atoms with Crippen LogP contribution in [0.15, 0.2) is 57.8 Å². The number of nitrogens with zero attached hydrogens (tertiary/aromatic N) is 1. The zero-order valence-corrected chi connectivity index (χ0v) is 16.3. The molecule has 0 radical (unpaired) electrons. The molecule has 3 rings (SSSR count). The van der Waals surface area contributed by atoms with Crippen molar-refractivity contribution in [3.63, 3.8) is 0 Å². The van der Waals surface area contributed by atoms with Crippen LogP contribution in [0.3, 0.4) is 0 Å². The molecule has 148 valence electrons. The van der Waals surface area contributed by atoms with Crippen LogP contribution in [0.4, 0.5) is 4.39 Å². The van der Waals surface area contributed by atoms with E-state index in [4.69, 9.17) is 9.15 Å². The molecule has 3 aromatic rings. The number of sulfonamides is 1. The summed E-state index contributed by atoms with van der Waals surface area (Å²) in [7, 11) is -4.04. The van der Waals surface area contributed by atoms with E-state index >= 15 is 0 Å². The van der Waals surface area contributed by atoms with Gasteiger partial charge in [-0.15, -0.1) is 0 Å². The molecule has 0 saturated carbocycles. The van der Waals surface area contributed by atoms with Gasteiger partial charge in [-0.05, 0) is 30.3 Å². The Kier molecular flexibility index (Phi) is 5.81.